The van der Waals surface area contributed by atoms with Crippen LogP contribution in [0.4, 0.5) is 24.8 Å². The number of nitrogens with zero attached hydrogens (tertiary/aromatic N) is 3. The molecular formula is C22H24F3N5O3. The molecule has 1 saturated heterocycles. The van der Waals surface area contributed by atoms with Crippen molar-refractivity contribution in [3.05, 3.63) is 41.2 Å². The number of anilines is 2. The normalized spacial score (nSPS) is 18.2. The fraction of sp³-hybridized carbons (Fsp3) is 0.455. The van der Waals surface area contributed by atoms with Gasteiger partial charge in [-0.3, -0.25) is 9.59 Å². The van der Waals surface area contributed by atoms with Crippen LogP contribution >= 0.6 is 0 Å². The molecule has 33 heavy (non-hydrogen) atoms. The Morgan fingerprint density at radius 3 is 2.61 bits per heavy atom. The molecule has 0 radical (unpaired) electrons. The molecule has 0 aromatic carbocycles. The summed E-state index contributed by atoms with van der Waals surface area (Å²) in [6, 6.07) is 3.86. The molecule has 4 rings (SSSR count). The van der Waals surface area contributed by atoms with Crippen LogP contribution in [-0.2, 0) is 11.0 Å². The fourth-order valence-corrected chi connectivity index (χ4v) is 3.76. The van der Waals surface area contributed by atoms with Gasteiger partial charge >= 0.3 is 6.18 Å². The number of halogens is 3. The largest absolute Gasteiger partial charge is 0.493 e. The summed E-state index contributed by atoms with van der Waals surface area (Å²) in [6.07, 6.45) is -1.42. The van der Waals surface area contributed by atoms with Crippen molar-refractivity contribution in [3.63, 3.8) is 0 Å². The summed E-state index contributed by atoms with van der Waals surface area (Å²) in [5, 5.41) is 5.69. The molecule has 2 aromatic rings. The minimum absolute atomic E-state index is 0.0184. The summed E-state index contributed by atoms with van der Waals surface area (Å²) >= 11 is 0. The van der Waals surface area contributed by atoms with Crippen molar-refractivity contribution in [2.75, 3.05) is 30.4 Å². The van der Waals surface area contributed by atoms with Gasteiger partial charge in [-0.1, -0.05) is 0 Å². The van der Waals surface area contributed by atoms with Gasteiger partial charge in [0.15, 0.2) is 11.6 Å². The lowest BCUT2D eigenvalue weighted by Crippen LogP contribution is -2.37. The molecule has 11 heteroatoms. The first-order chi connectivity index (χ1) is 15.6. The first kappa shape index (κ1) is 22.8. The highest BCUT2D eigenvalue weighted by Gasteiger charge is 2.34. The molecule has 2 fully saturated rings. The minimum Gasteiger partial charge on any atom is -0.493 e. The maximum absolute atomic E-state index is 13.0. The molecule has 8 nitrogen and oxygen atoms in total. The van der Waals surface area contributed by atoms with Crippen LogP contribution in [0.2, 0.25) is 0 Å². The number of nitrogens with one attached hydrogen (secondary N) is 2. The third-order valence-corrected chi connectivity index (χ3v) is 5.62. The average molecular weight is 463 g/mol. The number of ether oxygens (including phenoxy) is 1. The number of hydrogen-bond donors (Lipinski definition) is 2. The second kappa shape index (κ2) is 8.87. The van der Waals surface area contributed by atoms with Crippen LogP contribution in [0.5, 0.6) is 5.75 Å². The van der Waals surface area contributed by atoms with Crippen molar-refractivity contribution in [1.29, 1.82) is 0 Å². The minimum atomic E-state index is -4.51. The SMILES string of the molecule is COc1cc(C(F)(F)F)cnc1N1CC[C@@H](NC(=O)c2cc(C)nc(NC(=O)C3CC3)c2)C1. The zero-order valence-corrected chi connectivity index (χ0v) is 18.2. The summed E-state index contributed by atoms with van der Waals surface area (Å²) in [6.45, 7) is 2.61. The number of amides is 2. The van der Waals surface area contributed by atoms with E-state index in [0.29, 0.717) is 42.4 Å². The molecule has 2 amide bonds. The van der Waals surface area contributed by atoms with Gasteiger partial charge < -0.3 is 20.3 Å². The Balaban J connectivity index is 1.42. The molecule has 3 heterocycles. The second-order valence-electron chi connectivity index (χ2n) is 8.30. The molecule has 2 N–H and O–H groups in total. The van der Waals surface area contributed by atoms with Crippen molar-refractivity contribution in [3.8, 4) is 5.75 Å². The van der Waals surface area contributed by atoms with Crippen molar-refractivity contribution in [1.82, 2.24) is 15.3 Å². The standard InChI is InChI=1S/C22H24F3N5O3/c1-12-7-14(8-18(27-12)29-20(31)13-3-4-13)21(32)28-16-5-6-30(11-16)19-17(33-2)9-15(10-26-19)22(23,24)25/h7-10,13,16H,3-6,11H2,1-2H3,(H,28,32)(H,27,29,31)/t16-/m1/s1. The van der Waals surface area contributed by atoms with Crippen LogP contribution in [0.25, 0.3) is 0 Å². The Hall–Kier alpha value is -3.37. The number of aromatic nitrogens is 2. The van der Waals surface area contributed by atoms with Crippen LogP contribution in [-0.4, -0.2) is 48.0 Å². The predicted molar refractivity (Wildman–Crippen MR) is 114 cm³/mol. The van der Waals surface area contributed by atoms with Gasteiger partial charge in [0.25, 0.3) is 5.91 Å². The van der Waals surface area contributed by atoms with E-state index in [-0.39, 0.29) is 29.5 Å². The van der Waals surface area contributed by atoms with Gasteiger partial charge in [-0.05, 0) is 44.4 Å². The van der Waals surface area contributed by atoms with Gasteiger partial charge in [-0.15, -0.1) is 0 Å². The highest BCUT2D eigenvalue weighted by Crippen LogP contribution is 2.36. The van der Waals surface area contributed by atoms with Crippen molar-refractivity contribution < 1.29 is 27.5 Å². The summed E-state index contributed by atoms with van der Waals surface area (Å²) in [5.41, 5.74) is 0.0857. The maximum Gasteiger partial charge on any atom is 0.418 e. The molecule has 1 saturated carbocycles. The van der Waals surface area contributed by atoms with E-state index in [1.54, 1.807) is 17.9 Å². The zero-order chi connectivity index (χ0) is 23.8. The number of methoxy groups -OCH3 is 1. The van der Waals surface area contributed by atoms with Crippen molar-refractivity contribution in [2.24, 2.45) is 5.92 Å². The molecule has 0 spiro atoms. The number of aryl methyl sites for hydroxylation is 1. The van der Waals surface area contributed by atoms with Gasteiger partial charge in [0.2, 0.25) is 5.91 Å². The van der Waals surface area contributed by atoms with Crippen molar-refractivity contribution in [2.45, 2.75) is 38.4 Å². The second-order valence-corrected chi connectivity index (χ2v) is 8.30. The highest BCUT2D eigenvalue weighted by atomic mass is 19.4. The van der Waals surface area contributed by atoms with E-state index in [2.05, 4.69) is 20.6 Å². The molecular weight excluding hydrogens is 439 g/mol. The van der Waals surface area contributed by atoms with E-state index in [1.807, 2.05) is 0 Å². The quantitative estimate of drug-likeness (QED) is 0.683. The van der Waals surface area contributed by atoms with Gasteiger partial charge in [0.05, 0.1) is 12.7 Å². The van der Waals surface area contributed by atoms with E-state index < -0.39 is 11.7 Å². The number of rotatable bonds is 6. The zero-order valence-electron chi connectivity index (χ0n) is 18.2. The van der Waals surface area contributed by atoms with Crippen LogP contribution in [0.3, 0.4) is 0 Å². The van der Waals surface area contributed by atoms with Gasteiger partial charge in [0, 0.05) is 42.5 Å². The third-order valence-electron chi connectivity index (χ3n) is 5.62. The smallest absolute Gasteiger partial charge is 0.418 e. The van der Waals surface area contributed by atoms with Gasteiger partial charge in [-0.25, -0.2) is 9.97 Å². The molecule has 176 valence electrons. The number of carbonyl (C=O) groups is 2. The van der Waals surface area contributed by atoms with Crippen LogP contribution in [0.15, 0.2) is 24.4 Å². The summed E-state index contributed by atoms with van der Waals surface area (Å²) in [7, 11) is 1.29. The Bertz CT molecular complexity index is 1070. The molecule has 1 aliphatic carbocycles. The molecule has 0 unspecified atom stereocenters. The first-order valence-corrected chi connectivity index (χ1v) is 10.6. The average Bonchev–Trinajstić information content (AvgIpc) is 3.52. The predicted octanol–water partition coefficient (Wildman–Crippen LogP) is 3.17. The van der Waals surface area contributed by atoms with Gasteiger partial charge in [0.1, 0.15) is 5.82 Å². The van der Waals surface area contributed by atoms with E-state index in [0.717, 1.165) is 25.1 Å². The molecule has 1 aliphatic heterocycles. The molecule has 2 aromatic heterocycles. The Morgan fingerprint density at radius 1 is 1.18 bits per heavy atom. The monoisotopic (exact) mass is 463 g/mol. The first-order valence-electron chi connectivity index (χ1n) is 10.6. The summed E-state index contributed by atoms with van der Waals surface area (Å²) in [5.74, 6) is 0.267. The fourth-order valence-electron chi connectivity index (χ4n) is 3.76. The van der Waals surface area contributed by atoms with E-state index in [1.165, 1.54) is 13.2 Å². The molecule has 1 atom stereocenters. The van der Waals surface area contributed by atoms with Crippen LogP contribution < -0.4 is 20.3 Å². The highest BCUT2D eigenvalue weighted by molar-refractivity contribution is 5.97. The number of pyridine rings is 2. The number of hydrogen-bond acceptors (Lipinski definition) is 6. The lowest BCUT2D eigenvalue weighted by molar-refractivity contribution is -0.137. The van der Waals surface area contributed by atoms with E-state index >= 15 is 0 Å². The lowest BCUT2D eigenvalue weighted by atomic mass is 10.2. The summed E-state index contributed by atoms with van der Waals surface area (Å²) < 4.78 is 44.0. The maximum atomic E-state index is 13.0. The third kappa shape index (κ3) is 5.35. The van der Waals surface area contributed by atoms with Crippen LogP contribution in [0, 0.1) is 12.8 Å². The van der Waals surface area contributed by atoms with E-state index in [9.17, 15) is 22.8 Å². The van der Waals surface area contributed by atoms with Gasteiger partial charge in [-0.2, -0.15) is 13.2 Å². The van der Waals surface area contributed by atoms with E-state index in [4.69, 9.17) is 4.74 Å². The summed E-state index contributed by atoms with van der Waals surface area (Å²) in [4.78, 5) is 34.8. The Kier molecular flexibility index (Phi) is 6.13. The Morgan fingerprint density at radius 2 is 1.94 bits per heavy atom. The molecule has 2 aliphatic rings. The van der Waals surface area contributed by atoms with Crippen LogP contribution in [0.1, 0.15) is 40.9 Å². The topological polar surface area (TPSA) is 96.4 Å². The number of alkyl halides is 3. The van der Waals surface area contributed by atoms with Crippen molar-refractivity contribution >= 4 is 23.5 Å². The molecule has 0 bridgehead atoms. The lowest BCUT2D eigenvalue weighted by Gasteiger charge is -2.21. The Labute approximate surface area is 188 Å². The number of carbonyl (C=O) groups excluding carboxylic acids is 2.